The molecular weight excluding hydrogens is 354 g/mol. The Hall–Kier alpha value is -1.39. The number of benzene rings is 2. The van der Waals surface area contributed by atoms with E-state index in [2.05, 4.69) is 34.2 Å². The van der Waals surface area contributed by atoms with Crippen molar-refractivity contribution in [1.29, 1.82) is 0 Å². The molecule has 2 N–H and O–H groups in total. The maximum absolute atomic E-state index is 10.1. The fourth-order valence-corrected chi connectivity index (χ4v) is 3.29. The summed E-state index contributed by atoms with van der Waals surface area (Å²) in [6.45, 7) is 4.54. The van der Waals surface area contributed by atoms with Crippen LogP contribution in [0.2, 0.25) is 5.02 Å². The predicted molar refractivity (Wildman–Crippen MR) is 90.6 cm³/mol. The van der Waals surface area contributed by atoms with Gasteiger partial charge in [-0.05, 0) is 53.0 Å². The van der Waals surface area contributed by atoms with E-state index < -0.39 is 0 Å². The van der Waals surface area contributed by atoms with Crippen LogP contribution in [0.5, 0.6) is 11.5 Å². The Kier molecular flexibility index (Phi) is 5.01. The number of anilines is 1. The Bertz CT molecular complexity index is 651. The van der Waals surface area contributed by atoms with Gasteiger partial charge >= 0.3 is 0 Å². The molecule has 0 amide bonds. The second-order valence-electron chi connectivity index (χ2n) is 4.91. The predicted octanol–water partition coefficient (Wildman–Crippen LogP) is 5.05. The molecule has 3 nitrogen and oxygen atoms in total. The number of phenols is 1. The highest BCUT2D eigenvalue weighted by atomic mass is 79.9. The molecule has 0 aliphatic carbocycles. The van der Waals surface area contributed by atoms with E-state index in [0.29, 0.717) is 22.9 Å². The third-order valence-electron chi connectivity index (χ3n) is 3.23. The minimum Gasteiger partial charge on any atom is -0.504 e. The lowest BCUT2D eigenvalue weighted by atomic mass is 10.1. The molecule has 0 bridgehead atoms. The zero-order valence-electron chi connectivity index (χ0n) is 12.1. The summed E-state index contributed by atoms with van der Waals surface area (Å²) in [5, 5.41) is 14.0. The van der Waals surface area contributed by atoms with Crippen molar-refractivity contribution < 1.29 is 9.84 Å². The van der Waals surface area contributed by atoms with Crippen LogP contribution in [0.3, 0.4) is 0 Å². The smallest absolute Gasteiger partial charge is 0.162 e. The number of hydrogen-bond donors (Lipinski definition) is 2. The van der Waals surface area contributed by atoms with Crippen molar-refractivity contribution in [2.24, 2.45) is 0 Å². The molecule has 21 heavy (non-hydrogen) atoms. The van der Waals surface area contributed by atoms with Crippen molar-refractivity contribution in [3.63, 3.8) is 0 Å². The molecule has 0 unspecified atom stereocenters. The van der Waals surface area contributed by atoms with E-state index >= 15 is 0 Å². The van der Waals surface area contributed by atoms with Crippen LogP contribution in [-0.2, 0) is 6.54 Å². The Balaban J connectivity index is 2.27. The Morgan fingerprint density at radius 1 is 1.24 bits per heavy atom. The molecule has 0 radical (unpaired) electrons. The minimum absolute atomic E-state index is 0.107. The van der Waals surface area contributed by atoms with Crippen molar-refractivity contribution in [1.82, 2.24) is 0 Å². The van der Waals surface area contributed by atoms with Crippen LogP contribution >= 0.6 is 27.5 Å². The second-order valence-corrected chi connectivity index (χ2v) is 6.20. The van der Waals surface area contributed by atoms with E-state index in [1.165, 1.54) is 12.7 Å². The quantitative estimate of drug-likeness (QED) is 0.791. The van der Waals surface area contributed by atoms with Gasteiger partial charge in [-0.15, -0.1) is 0 Å². The van der Waals surface area contributed by atoms with E-state index in [1.807, 2.05) is 13.0 Å². The lowest BCUT2D eigenvalue weighted by Crippen LogP contribution is -2.03. The van der Waals surface area contributed by atoms with Crippen LogP contribution in [0.1, 0.15) is 16.7 Å². The van der Waals surface area contributed by atoms with Gasteiger partial charge in [0.25, 0.3) is 0 Å². The van der Waals surface area contributed by atoms with Gasteiger partial charge in [-0.25, -0.2) is 0 Å². The summed E-state index contributed by atoms with van der Waals surface area (Å²) in [4.78, 5) is 0. The van der Waals surface area contributed by atoms with E-state index in [9.17, 15) is 5.11 Å². The van der Waals surface area contributed by atoms with Crippen LogP contribution in [0.25, 0.3) is 0 Å². The molecule has 2 rings (SSSR count). The molecule has 0 aliphatic rings. The molecule has 2 aromatic rings. The summed E-state index contributed by atoms with van der Waals surface area (Å²) in [6.07, 6.45) is 0. The average Bonchev–Trinajstić information content (AvgIpc) is 2.40. The van der Waals surface area contributed by atoms with Gasteiger partial charge in [-0.2, -0.15) is 0 Å². The molecule has 0 saturated carbocycles. The van der Waals surface area contributed by atoms with E-state index in [1.54, 1.807) is 12.1 Å². The van der Waals surface area contributed by atoms with Gasteiger partial charge in [-0.3, -0.25) is 0 Å². The lowest BCUT2D eigenvalue weighted by Gasteiger charge is -2.15. The van der Waals surface area contributed by atoms with Gasteiger partial charge in [0, 0.05) is 27.7 Å². The van der Waals surface area contributed by atoms with E-state index in [4.69, 9.17) is 16.3 Å². The molecule has 0 heterocycles. The van der Waals surface area contributed by atoms with Crippen LogP contribution in [0, 0.1) is 13.8 Å². The van der Waals surface area contributed by atoms with Gasteiger partial charge in [-0.1, -0.05) is 17.7 Å². The normalized spacial score (nSPS) is 10.5. The first-order valence-electron chi connectivity index (χ1n) is 6.48. The van der Waals surface area contributed by atoms with Crippen LogP contribution in [0.4, 0.5) is 5.69 Å². The van der Waals surface area contributed by atoms with Gasteiger partial charge in [0.05, 0.1) is 12.8 Å². The van der Waals surface area contributed by atoms with Gasteiger partial charge in [0.2, 0.25) is 0 Å². The fourth-order valence-electron chi connectivity index (χ4n) is 2.24. The third kappa shape index (κ3) is 3.63. The van der Waals surface area contributed by atoms with Crippen molar-refractivity contribution in [2.75, 3.05) is 12.4 Å². The molecule has 0 saturated heterocycles. The maximum atomic E-state index is 10.1. The van der Waals surface area contributed by atoms with Gasteiger partial charge in [0.15, 0.2) is 11.5 Å². The second kappa shape index (κ2) is 6.58. The number of aryl methyl sites for hydroxylation is 2. The summed E-state index contributed by atoms with van der Waals surface area (Å²) in [5.74, 6) is 0.481. The number of hydrogen-bond acceptors (Lipinski definition) is 3. The Labute approximate surface area is 138 Å². The molecular formula is C16H17BrClNO2. The molecule has 0 aromatic heterocycles. The maximum Gasteiger partial charge on any atom is 0.162 e. The molecule has 5 heteroatoms. The minimum atomic E-state index is 0.107. The van der Waals surface area contributed by atoms with Crippen LogP contribution in [-0.4, -0.2) is 12.2 Å². The van der Waals surface area contributed by atoms with Crippen LogP contribution in [0.15, 0.2) is 28.7 Å². The fraction of sp³-hybridized carbons (Fsp3) is 0.250. The number of rotatable bonds is 4. The number of nitrogens with one attached hydrogen (secondary N) is 1. The highest BCUT2D eigenvalue weighted by Crippen LogP contribution is 2.35. The molecule has 112 valence electrons. The van der Waals surface area contributed by atoms with Crippen molar-refractivity contribution in [2.45, 2.75) is 20.4 Å². The standard InChI is InChI=1S/C16H17BrClNO2/c1-9-4-10(2)15(13(17)5-9)19-8-11-6-12(18)7-14(21-3)16(11)20/h4-7,19-20H,8H2,1-3H3. The monoisotopic (exact) mass is 369 g/mol. The molecule has 0 fully saturated rings. The third-order valence-corrected chi connectivity index (χ3v) is 4.07. The molecule has 0 aliphatic heterocycles. The largest absolute Gasteiger partial charge is 0.504 e. The summed E-state index contributed by atoms with van der Waals surface area (Å²) in [5.41, 5.74) is 4.01. The van der Waals surface area contributed by atoms with E-state index in [-0.39, 0.29) is 5.75 Å². The first-order chi connectivity index (χ1) is 9.92. The van der Waals surface area contributed by atoms with Gasteiger partial charge < -0.3 is 15.2 Å². The highest BCUT2D eigenvalue weighted by molar-refractivity contribution is 9.10. The molecule has 2 aromatic carbocycles. The summed E-state index contributed by atoms with van der Waals surface area (Å²) >= 11 is 9.59. The number of methoxy groups -OCH3 is 1. The number of ether oxygens (including phenoxy) is 1. The summed E-state index contributed by atoms with van der Waals surface area (Å²) in [6, 6.07) is 7.47. The van der Waals surface area contributed by atoms with Crippen molar-refractivity contribution in [3.8, 4) is 11.5 Å². The first kappa shape index (κ1) is 16.0. The SMILES string of the molecule is COc1cc(Cl)cc(CNc2c(C)cc(C)cc2Br)c1O. The lowest BCUT2D eigenvalue weighted by molar-refractivity contribution is 0.371. The number of aromatic hydroxyl groups is 1. The molecule has 0 atom stereocenters. The first-order valence-corrected chi connectivity index (χ1v) is 7.65. The van der Waals surface area contributed by atoms with Crippen molar-refractivity contribution >= 4 is 33.2 Å². The Morgan fingerprint density at radius 3 is 2.57 bits per heavy atom. The average molecular weight is 371 g/mol. The van der Waals surface area contributed by atoms with Crippen molar-refractivity contribution in [3.05, 3.63) is 50.5 Å². The van der Waals surface area contributed by atoms with Gasteiger partial charge in [0.1, 0.15) is 0 Å². The number of halogens is 2. The van der Waals surface area contributed by atoms with E-state index in [0.717, 1.165) is 15.7 Å². The van der Waals surface area contributed by atoms with Crippen LogP contribution < -0.4 is 10.1 Å². The summed E-state index contributed by atoms with van der Waals surface area (Å²) < 4.78 is 6.10. The summed E-state index contributed by atoms with van der Waals surface area (Å²) in [7, 11) is 1.50. The highest BCUT2D eigenvalue weighted by Gasteiger charge is 2.11. The zero-order chi connectivity index (χ0) is 15.6. The number of phenolic OH excluding ortho intramolecular Hbond substituents is 1. The molecule has 0 spiro atoms. The Morgan fingerprint density at radius 2 is 1.95 bits per heavy atom. The zero-order valence-corrected chi connectivity index (χ0v) is 14.5. The topological polar surface area (TPSA) is 41.5 Å².